The van der Waals surface area contributed by atoms with Crippen LogP contribution in [0.5, 0.6) is 5.75 Å². The smallest absolute Gasteiger partial charge is 0.133 e. The van der Waals surface area contributed by atoms with Crippen LogP contribution in [-0.2, 0) is 0 Å². The molecule has 1 aromatic carbocycles. The van der Waals surface area contributed by atoms with Crippen LogP contribution in [0.15, 0.2) is 28.7 Å². The summed E-state index contributed by atoms with van der Waals surface area (Å²) in [6.45, 7) is 0.908. The van der Waals surface area contributed by atoms with E-state index in [0.717, 1.165) is 10.2 Å². The zero-order chi connectivity index (χ0) is 11.3. The van der Waals surface area contributed by atoms with Crippen LogP contribution < -0.4 is 4.74 Å². The van der Waals surface area contributed by atoms with Crippen LogP contribution in [0.3, 0.4) is 0 Å². The van der Waals surface area contributed by atoms with Gasteiger partial charge in [-0.05, 0) is 42.2 Å². The minimum Gasteiger partial charge on any atom is -0.490 e. The van der Waals surface area contributed by atoms with Gasteiger partial charge in [0.2, 0.25) is 0 Å². The highest BCUT2D eigenvalue weighted by atomic mass is 79.9. The highest BCUT2D eigenvalue weighted by molar-refractivity contribution is 9.10. The van der Waals surface area contributed by atoms with Crippen LogP contribution in [0.4, 0.5) is 0 Å². The van der Waals surface area contributed by atoms with E-state index in [4.69, 9.17) is 4.74 Å². The summed E-state index contributed by atoms with van der Waals surface area (Å²) >= 11 is 3.38. The van der Waals surface area contributed by atoms with Gasteiger partial charge in [-0.25, -0.2) is 0 Å². The highest BCUT2D eigenvalue weighted by Crippen LogP contribution is 2.23. The van der Waals surface area contributed by atoms with Crippen molar-refractivity contribution in [3.63, 3.8) is 0 Å². The number of nitrogens with zero attached hydrogens (tertiary/aromatic N) is 1. The van der Waals surface area contributed by atoms with Crippen molar-refractivity contribution in [2.24, 2.45) is 0 Å². The zero-order valence-corrected chi connectivity index (χ0v) is 10.6. The summed E-state index contributed by atoms with van der Waals surface area (Å²) in [6, 6.07) is 7.60. The van der Waals surface area contributed by atoms with E-state index in [2.05, 4.69) is 15.9 Å². The van der Waals surface area contributed by atoms with Crippen LogP contribution in [-0.4, -0.2) is 43.4 Å². The van der Waals surface area contributed by atoms with E-state index >= 15 is 0 Å². The van der Waals surface area contributed by atoms with E-state index in [9.17, 15) is 5.11 Å². The summed E-state index contributed by atoms with van der Waals surface area (Å²) in [7, 11) is 3.84. The Kier molecular flexibility index (Phi) is 5.08. The van der Waals surface area contributed by atoms with Gasteiger partial charge in [0.1, 0.15) is 18.5 Å². The van der Waals surface area contributed by atoms with E-state index in [-0.39, 0.29) is 0 Å². The molecule has 0 aliphatic carbocycles. The van der Waals surface area contributed by atoms with Crippen molar-refractivity contribution < 1.29 is 9.84 Å². The van der Waals surface area contributed by atoms with Gasteiger partial charge in [-0.3, -0.25) is 0 Å². The van der Waals surface area contributed by atoms with Crippen LogP contribution in [0, 0.1) is 0 Å². The van der Waals surface area contributed by atoms with Crippen LogP contribution in [0.1, 0.15) is 0 Å². The van der Waals surface area contributed by atoms with Gasteiger partial charge >= 0.3 is 0 Å². The maximum absolute atomic E-state index is 9.59. The third kappa shape index (κ3) is 4.64. The third-order valence-corrected chi connectivity index (χ3v) is 2.50. The normalized spacial score (nSPS) is 12.9. The molecule has 0 heterocycles. The van der Waals surface area contributed by atoms with Crippen molar-refractivity contribution in [1.82, 2.24) is 4.90 Å². The van der Waals surface area contributed by atoms with E-state index in [1.165, 1.54) is 0 Å². The quantitative estimate of drug-likeness (QED) is 0.888. The molecule has 0 saturated heterocycles. The molecular formula is C11H16BrNO2. The van der Waals surface area contributed by atoms with E-state index < -0.39 is 6.10 Å². The van der Waals surface area contributed by atoms with E-state index in [1.807, 2.05) is 43.3 Å². The fourth-order valence-electron chi connectivity index (χ4n) is 1.22. The lowest BCUT2D eigenvalue weighted by Crippen LogP contribution is -2.30. The summed E-state index contributed by atoms with van der Waals surface area (Å²) in [6.07, 6.45) is -0.466. The molecule has 84 valence electrons. The van der Waals surface area contributed by atoms with Crippen LogP contribution in [0.25, 0.3) is 0 Å². The van der Waals surface area contributed by atoms with Gasteiger partial charge < -0.3 is 14.7 Å². The molecule has 1 rings (SSSR count). The molecule has 0 aliphatic heterocycles. The van der Waals surface area contributed by atoms with E-state index in [0.29, 0.717) is 13.2 Å². The Balaban J connectivity index is 2.40. The molecule has 4 heteroatoms. The Hall–Kier alpha value is -0.580. The summed E-state index contributed by atoms with van der Waals surface area (Å²) in [4.78, 5) is 1.92. The highest BCUT2D eigenvalue weighted by Gasteiger charge is 2.07. The topological polar surface area (TPSA) is 32.7 Å². The Labute approximate surface area is 98.8 Å². The average Bonchev–Trinajstić information content (AvgIpc) is 2.15. The van der Waals surface area contributed by atoms with Gasteiger partial charge in [-0.1, -0.05) is 12.1 Å². The monoisotopic (exact) mass is 273 g/mol. The molecule has 0 aliphatic rings. The molecule has 0 saturated carbocycles. The number of aliphatic hydroxyl groups is 1. The number of rotatable bonds is 5. The second kappa shape index (κ2) is 6.10. The molecule has 0 spiro atoms. The number of para-hydroxylation sites is 1. The fraction of sp³-hybridized carbons (Fsp3) is 0.455. The Morgan fingerprint density at radius 2 is 2.07 bits per heavy atom. The van der Waals surface area contributed by atoms with Crippen molar-refractivity contribution in [3.8, 4) is 5.75 Å². The van der Waals surface area contributed by atoms with Crippen molar-refractivity contribution in [3.05, 3.63) is 28.7 Å². The number of hydrogen-bond donors (Lipinski definition) is 1. The van der Waals surface area contributed by atoms with Crippen molar-refractivity contribution in [1.29, 1.82) is 0 Å². The van der Waals surface area contributed by atoms with Crippen molar-refractivity contribution in [2.75, 3.05) is 27.2 Å². The minimum absolute atomic E-state index is 0.306. The maximum atomic E-state index is 9.59. The first kappa shape index (κ1) is 12.5. The lowest BCUT2D eigenvalue weighted by atomic mass is 10.3. The number of likely N-dealkylation sites (N-methyl/N-ethyl adjacent to an activating group) is 1. The Morgan fingerprint density at radius 1 is 1.40 bits per heavy atom. The summed E-state index contributed by atoms with van der Waals surface area (Å²) in [5.41, 5.74) is 0. The molecule has 0 aromatic heterocycles. The van der Waals surface area contributed by atoms with Crippen molar-refractivity contribution >= 4 is 15.9 Å². The molecule has 0 unspecified atom stereocenters. The Morgan fingerprint density at radius 3 is 2.67 bits per heavy atom. The van der Waals surface area contributed by atoms with Gasteiger partial charge in [0.05, 0.1) is 4.47 Å². The van der Waals surface area contributed by atoms with Gasteiger partial charge in [0.15, 0.2) is 0 Å². The Bertz CT molecular complexity index is 304. The number of ether oxygens (including phenoxy) is 1. The van der Waals surface area contributed by atoms with Crippen molar-refractivity contribution in [2.45, 2.75) is 6.10 Å². The fourth-order valence-corrected chi connectivity index (χ4v) is 1.62. The number of benzene rings is 1. The number of halogens is 1. The predicted octanol–water partition coefficient (Wildman–Crippen LogP) is 1.75. The molecule has 0 bridgehead atoms. The molecule has 0 radical (unpaired) electrons. The van der Waals surface area contributed by atoms with E-state index in [1.54, 1.807) is 0 Å². The first-order valence-corrected chi connectivity index (χ1v) is 5.59. The summed E-state index contributed by atoms with van der Waals surface area (Å²) in [5.74, 6) is 0.760. The molecule has 0 fully saturated rings. The summed E-state index contributed by atoms with van der Waals surface area (Å²) < 4.78 is 6.38. The molecule has 1 atom stereocenters. The van der Waals surface area contributed by atoms with Gasteiger partial charge in [-0.2, -0.15) is 0 Å². The number of aliphatic hydroxyl groups excluding tert-OH is 1. The molecular weight excluding hydrogens is 258 g/mol. The van der Waals surface area contributed by atoms with Gasteiger partial charge in [-0.15, -0.1) is 0 Å². The standard InChI is InChI=1S/C11H16BrNO2/c1-13(2)7-9(14)8-15-11-6-4-3-5-10(11)12/h3-6,9,14H,7-8H2,1-2H3/t9-/m1/s1. The first-order chi connectivity index (χ1) is 7.09. The predicted molar refractivity (Wildman–Crippen MR) is 64.2 cm³/mol. The number of hydrogen-bond acceptors (Lipinski definition) is 3. The molecule has 1 aromatic rings. The second-order valence-electron chi connectivity index (χ2n) is 3.66. The second-order valence-corrected chi connectivity index (χ2v) is 4.51. The van der Waals surface area contributed by atoms with Crippen LogP contribution >= 0.6 is 15.9 Å². The molecule has 1 N–H and O–H groups in total. The van der Waals surface area contributed by atoms with Gasteiger partial charge in [0.25, 0.3) is 0 Å². The SMILES string of the molecule is CN(C)C[C@@H](O)COc1ccccc1Br. The first-order valence-electron chi connectivity index (χ1n) is 4.79. The average molecular weight is 274 g/mol. The molecule has 15 heavy (non-hydrogen) atoms. The zero-order valence-electron chi connectivity index (χ0n) is 8.98. The molecule has 3 nitrogen and oxygen atoms in total. The molecule has 0 amide bonds. The van der Waals surface area contributed by atoms with Gasteiger partial charge in [0, 0.05) is 6.54 Å². The maximum Gasteiger partial charge on any atom is 0.133 e. The summed E-state index contributed by atoms with van der Waals surface area (Å²) in [5, 5.41) is 9.59. The van der Waals surface area contributed by atoms with Crippen LogP contribution in [0.2, 0.25) is 0 Å². The lowest BCUT2D eigenvalue weighted by molar-refractivity contribution is 0.0828. The minimum atomic E-state index is -0.466. The third-order valence-electron chi connectivity index (χ3n) is 1.84. The lowest BCUT2D eigenvalue weighted by Gasteiger charge is -2.16. The largest absolute Gasteiger partial charge is 0.490 e.